The third kappa shape index (κ3) is 5.58. The topological polar surface area (TPSA) is 118 Å². The van der Waals surface area contributed by atoms with E-state index in [9.17, 15) is 29.4 Å². The van der Waals surface area contributed by atoms with Crippen LogP contribution in [-0.2, 0) is 11.2 Å². The van der Waals surface area contributed by atoms with E-state index >= 15 is 0 Å². The number of esters is 1. The Morgan fingerprint density at radius 3 is 2.03 bits per heavy atom. The molecule has 0 radical (unpaired) electrons. The van der Waals surface area contributed by atoms with Crippen LogP contribution in [0.2, 0.25) is 0 Å². The number of Topliss-reactive ketones (excluding diaryl/α,β-unsaturated/α-hetero) is 2. The lowest BCUT2D eigenvalue weighted by Crippen LogP contribution is -2.31. The van der Waals surface area contributed by atoms with Gasteiger partial charge in [-0.1, -0.05) is 30.3 Å². The molecule has 2 aromatic rings. The maximum atomic E-state index is 12.3. The Labute approximate surface area is 167 Å². The Hall–Kier alpha value is -3.32. The van der Waals surface area contributed by atoms with Gasteiger partial charge in [0.25, 0.3) is 0 Å². The first-order valence-electron chi connectivity index (χ1n) is 8.92. The molecule has 0 atom stereocenters. The Bertz CT molecular complexity index is 950. The highest BCUT2D eigenvalue weighted by molar-refractivity contribution is 6.05. The average molecular weight is 398 g/mol. The van der Waals surface area contributed by atoms with Crippen molar-refractivity contribution in [3.8, 4) is 0 Å². The maximum absolute atomic E-state index is 12.3. The zero-order chi connectivity index (χ0) is 21.8. The SMILES string of the molecule is CC(=O)c1ccc(C(=O)O)c(C(=O)OCCc2ccc(C(=O)C(C)(C)O)cc2)c1. The minimum absolute atomic E-state index is 0.0129. The number of carbonyl (C=O) groups is 4. The summed E-state index contributed by atoms with van der Waals surface area (Å²) in [6.07, 6.45) is 0.345. The number of carboxylic acid groups (broad SMARTS) is 1. The predicted octanol–water partition coefficient (Wildman–Crippen LogP) is 2.94. The van der Waals surface area contributed by atoms with Crippen LogP contribution >= 0.6 is 0 Å². The maximum Gasteiger partial charge on any atom is 0.339 e. The Kier molecular flexibility index (Phi) is 6.66. The lowest BCUT2D eigenvalue weighted by Gasteiger charge is -2.15. The van der Waals surface area contributed by atoms with Crippen LogP contribution < -0.4 is 0 Å². The van der Waals surface area contributed by atoms with Crippen molar-refractivity contribution in [2.45, 2.75) is 32.8 Å². The van der Waals surface area contributed by atoms with Gasteiger partial charge in [-0.05, 0) is 38.5 Å². The minimum Gasteiger partial charge on any atom is -0.478 e. The van der Waals surface area contributed by atoms with Gasteiger partial charge in [-0.25, -0.2) is 9.59 Å². The fourth-order valence-electron chi connectivity index (χ4n) is 2.63. The molecule has 0 spiro atoms. The molecule has 0 aliphatic carbocycles. The van der Waals surface area contributed by atoms with Gasteiger partial charge < -0.3 is 14.9 Å². The highest BCUT2D eigenvalue weighted by Crippen LogP contribution is 2.16. The van der Waals surface area contributed by atoms with Crippen molar-refractivity contribution in [3.05, 3.63) is 70.3 Å². The number of rotatable bonds is 8. The van der Waals surface area contributed by atoms with E-state index in [2.05, 4.69) is 0 Å². The standard InChI is InChI=1S/C22H22O7/c1-13(23)16-8-9-17(20(25)26)18(12-16)21(27)29-11-10-14-4-6-15(7-5-14)19(24)22(2,3)28/h4-9,12,28H,10-11H2,1-3H3,(H,25,26). The first-order valence-corrected chi connectivity index (χ1v) is 8.92. The second kappa shape index (κ2) is 8.79. The summed E-state index contributed by atoms with van der Waals surface area (Å²) < 4.78 is 5.17. The molecule has 29 heavy (non-hydrogen) atoms. The summed E-state index contributed by atoms with van der Waals surface area (Å²) in [6, 6.07) is 10.3. The Balaban J connectivity index is 2.05. The highest BCUT2D eigenvalue weighted by atomic mass is 16.5. The van der Waals surface area contributed by atoms with E-state index < -0.39 is 23.3 Å². The number of ether oxygens (including phenoxy) is 1. The van der Waals surface area contributed by atoms with Gasteiger partial charge in [-0.15, -0.1) is 0 Å². The van der Waals surface area contributed by atoms with Crippen LogP contribution in [0.4, 0.5) is 0 Å². The number of benzene rings is 2. The van der Waals surface area contributed by atoms with Gasteiger partial charge in [0.1, 0.15) is 5.60 Å². The molecular formula is C22H22O7. The quantitative estimate of drug-likeness (QED) is 0.518. The molecule has 0 aliphatic rings. The number of hydrogen-bond acceptors (Lipinski definition) is 6. The summed E-state index contributed by atoms with van der Waals surface area (Å²) in [7, 11) is 0. The third-order valence-electron chi connectivity index (χ3n) is 4.27. The zero-order valence-corrected chi connectivity index (χ0v) is 16.4. The number of aliphatic hydroxyl groups is 1. The molecule has 0 aromatic heterocycles. The number of hydrogen-bond donors (Lipinski definition) is 2. The summed E-state index contributed by atoms with van der Waals surface area (Å²) in [5, 5.41) is 19.0. The van der Waals surface area contributed by atoms with Crippen molar-refractivity contribution < 1.29 is 34.1 Å². The van der Waals surface area contributed by atoms with Crippen molar-refractivity contribution in [1.29, 1.82) is 0 Å². The smallest absolute Gasteiger partial charge is 0.339 e. The lowest BCUT2D eigenvalue weighted by atomic mass is 9.96. The summed E-state index contributed by atoms with van der Waals surface area (Å²) in [6.45, 7) is 4.13. The predicted molar refractivity (Wildman–Crippen MR) is 104 cm³/mol. The van der Waals surface area contributed by atoms with Crippen molar-refractivity contribution >= 4 is 23.5 Å². The molecule has 0 fully saturated rings. The second-order valence-corrected chi connectivity index (χ2v) is 7.09. The Morgan fingerprint density at radius 2 is 1.52 bits per heavy atom. The number of carboxylic acids is 1. The summed E-state index contributed by atoms with van der Waals surface area (Å²) >= 11 is 0. The number of carbonyl (C=O) groups excluding carboxylic acids is 3. The fourth-order valence-corrected chi connectivity index (χ4v) is 2.63. The van der Waals surface area contributed by atoms with Crippen molar-refractivity contribution in [1.82, 2.24) is 0 Å². The summed E-state index contributed by atoms with van der Waals surface area (Å²) in [5.41, 5.74) is -0.515. The van der Waals surface area contributed by atoms with E-state index in [-0.39, 0.29) is 29.1 Å². The first kappa shape index (κ1) is 22.0. The molecule has 2 N–H and O–H groups in total. The van der Waals surface area contributed by atoms with Crippen LogP contribution in [0.25, 0.3) is 0 Å². The molecule has 152 valence electrons. The molecule has 0 saturated heterocycles. The Morgan fingerprint density at radius 1 is 0.931 bits per heavy atom. The average Bonchev–Trinajstić information content (AvgIpc) is 2.66. The van der Waals surface area contributed by atoms with Gasteiger partial charge in [-0.3, -0.25) is 9.59 Å². The first-order chi connectivity index (χ1) is 13.5. The minimum atomic E-state index is -1.46. The van der Waals surface area contributed by atoms with E-state index in [1.165, 1.54) is 39.0 Å². The normalized spacial score (nSPS) is 11.0. The van der Waals surface area contributed by atoms with Gasteiger partial charge >= 0.3 is 11.9 Å². The van der Waals surface area contributed by atoms with Gasteiger partial charge in [0, 0.05) is 17.5 Å². The highest BCUT2D eigenvalue weighted by Gasteiger charge is 2.25. The largest absolute Gasteiger partial charge is 0.478 e. The van der Waals surface area contributed by atoms with Crippen molar-refractivity contribution in [2.75, 3.05) is 6.61 Å². The van der Waals surface area contributed by atoms with E-state index in [1.807, 2.05) is 0 Å². The molecule has 0 aliphatic heterocycles. The molecule has 0 unspecified atom stereocenters. The van der Waals surface area contributed by atoms with Crippen molar-refractivity contribution in [2.24, 2.45) is 0 Å². The zero-order valence-electron chi connectivity index (χ0n) is 16.4. The van der Waals surface area contributed by atoms with Gasteiger partial charge in [0.15, 0.2) is 11.6 Å². The number of aromatic carboxylic acids is 1. The van der Waals surface area contributed by atoms with Crippen LogP contribution in [0.3, 0.4) is 0 Å². The van der Waals surface area contributed by atoms with E-state index in [0.29, 0.717) is 12.0 Å². The van der Waals surface area contributed by atoms with Crippen LogP contribution in [0, 0.1) is 0 Å². The molecule has 7 heteroatoms. The monoisotopic (exact) mass is 398 g/mol. The van der Waals surface area contributed by atoms with E-state index in [4.69, 9.17) is 4.74 Å². The van der Waals surface area contributed by atoms with Gasteiger partial charge in [0.2, 0.25) is 0 Å². The summed E-state index contributed by atoms with van der Waals surface area (Å²) in [4.78, 5) is 47.1. The summed E-state index contributed by atoms with van der Waals surface area (Å²) in [5.74, 6) is -2.82. The van der Waals surface area contributed by atoms with Crippen LogP contribution in [-0.4, -0.2) is 45.9 Å². The fraction of sp³-hybridized carbons (Fsp3) is 0.273. The van der Waals surface area contributed by atoms with Crippen LogP contribution in [0.5, 0.6) is 0 Å². The van der Waals surface area contributed by atoms with E-state index in [0.717, 1.165) is 5.56 Å². The van der Waals surface area contributed by atoms with Crippen molar-refractivity contribution in [3.63, 3.8) is 0 Å². The molecule has 2 rings (SSSR count). The molecule has 0 bridgehead atoms. The molecule has 0 amide bonds. The van der Waals surface area contributed by atoms with Gasteiger partial charge in [0.05, 0.1) is 17.7 Å². The van der Waals surface area contributed by atoms with Crippen LogP contribution in [0.1, 0.15) is 67.8 Å². The second-order valence-electron chi connectivity index (χ2n) is 7.09. The van der Waals surface area contributed by atoms with Gasteiger partial charge in [-0.2, -0.15) is 0 Å². The lowest BCUT2D eigenvalue weighted by molar-refractivity contribution is 0.0488. The molecule has 0 heterocycles. The number of ketones is 2. The molecule has 2 aromatic carbocycles. The third-order valence-corrected chi connectivity index (χ3v) is 4.27. The van der Waals surface area contributed by atoms with E-state index in [1.54, 1.807) is 24.3 Å². The molecular weight excluding hydrogens is 376 g/mol. The van der Waals surface area contributed by atoms with Crippen LogP contribution in [0.15, 0.2) is 42.5 Å². The molecule has 0 saturated carbocycles. The molecule has 7 nitrogen and oxygen atoms in total.